The second-order valence-electron chi connectivity index (χ2n) is 5.06. The molecule has 0 aliphatic carbocycles. The van der Waals surface area contributed by atoms with Crippen LogP contribution in [0.3, 0.4) is 0 Å². The molecule has 2 rings (SSSR count). The molecule has 1 fully saturated rings. The maximum atomic E-state index is 12.1. The van der Waals surface area contributed by atoms with E-state index in [1.807, 2.05) is 26.0 Å². The van der Waals surface area contributed by atoms with Gasteiger partial charge in [0.2, 0.25) is 5.91 Å². The lowest BCUT2D eigenvalue weighted by Crippen LogP contribution is -2.40. The van der Waals surface area contributed by atoms with Crippen LogP contribution in [0.15, 0.2) is 18.2 Å². The van der Waals surface area contributed by atoms with Crippen LogP contribution in [0.1, 0.15) is 29.5 Å². The molecule has 18 heavy (non-hydrogen) atoms. The third-order valence-electron chi connectivity index (χ3n) is 3.44. The van der Waals surface area contributed by atoms with E-state index < -0.39 is 0 Å². The highest BCUT2D eigenvalue weighted by molar-refractivity contribution is 5.88. The predicted octanol–water partition coefficient (Wildman–Crippen LogP) is 2.04. The van der Waals surface area contributed by atoms with Crippen molar-refractivity contribution in [1.82, 2.24) is 4.90 Å². The number of nitrogens with zero attached hydrogens (tertiary/aromatic N) is 1. The zero-order valence-corrected chi connectivity index (χ0v) is 11.0. The highest BCUT2D eigenvalue weighted by Crippen LogP contribution is 2.14. The number of ketones is 1. The third kappa shape index (κ3) is 2.97. The second kappa shape index (κ2) is 5.34. The normalized spacial score (nSPS) is 15.9. The van der Waals surface area contributed by atoms with Gasteiger partial charge in [0.15, 0.2) is 5.78 Å². The van der Waals surface area contributed by atoms with Gasteiger partial charge in [-0.3, -0.25) is 9.59 Å². The Kier molecular flexibility index (Phi) is 3.80. The Morgan fingerprint density at radius 1 is 1.33 bits per heavy atom. The van der Waals surface area contributed by atoms with Crippen LogP contribution in [0.5, 0.6) is 0 Å². The SMILES string of the molecule is Cc1ccc(CC(=O)N2CCCC(=O)C2)c(C)c1. The van der Waals surface area contributed by atoms with Gasteiger partial charge in [0.1, 0.15) is 0 Å². The van der Waals surface area contributed by atoms with E-state index in [9.17, 15) is 9.59 Å². The van der Waals surface area contributed by atoms with Crippen LogP contribution >= 0.6 is 0 Å². The van der Waals surface area contributed by atoms with Crippen molar-refractivity contribution in [1.29, 1.82) is 0 Å². The fraction of sp³-hybridized carbons (Fsp3) is 0.467. The number of carbonyl (C=O) groups excluding carboxylic acids is 2. The summed E-state index contributed by atoms with van der Waals surface area (Å²) >= 11 is 0. The first-order chi connectivity index (χ1) is 8.56. The van der Waals surface area contributed by atoms with Crippen LogP contribution in [0, 0.1) is 13.8 Å². The number of amides is 1. The fourth-order valence-electron chi connectivity index (χ4n) is 2.37. The molecule has 1 aliphatic rings. The lowest BCUT2D eigenvalue weighted by Gasteiger charge is -2.26. The first kappa shape index (κ1) is 12.8. The number of carbonyl (C=O) groups is 2. The molecule has 3 heteroatoms. The summed E-state index contributed by atoms with van der Waals surface area (Å²) in [7, 11) is 0. The molecular weight excluding hydrogens is 226 g/mol. The van der Waals surface area contributed by atoms with Crippen molar-refractivity contribution in [3.63, 3.8) is 0 Å². The van der Waals surface area contributed by atoms with Crippen LogP contribution in [-0.4, -0.2) is 29.7 Å². The number of Topliss-reactive ketones (excluding diaryl/α,β-unsaturated/α-hetero) is 1. The average Bonchev–Trinajstić information content (AvgIpc) is 2.32. The minimum Gasteiger partial charge on any atom is -0.335 e. The first-order valence-corrected chi connectivity index (χ1v) is 6.42. The van der Waals surface area contributed by atoms with Gasteiger partial charge in [-0.2, -0.15) is 0 Å². The Bertz CT molecular complexity index is 479. The van der Waals surface area contributed by atoms with Gasteiger partial charge in [-0.05, 0) is 31.4 Å². The highest BCUT2D eigenvalue weighted by atomic mass is 16.2. The number of aryl methyl sites for hydroxylation is 2. The molecule has 0 bridgehead atoms. The molecule has 1 aliphatic heterocycles. The Balaban J connectivity index is 2.04. The largest absolute Gasteiger partial charge is 0.335 e. The Hall–Kier alpha value is -1.64. The molecule has 0 aromatic heterocycles. The standard InChI is InChI=1S/C15H19NO2/c1-11-5-6-13(12(2)8-11)9-15(18)16-7-3-4-14(17)10-16/h5-6,8H,3-4,7,9-10H2,1-2H3. The maximum Gasteiger partial charge on any atom is 0.227 e. The van der Waals surface area contributed by atoms with Gasteiger partial charge in [-0.15, -0.1) is 0 Å². The van der Waals surface area contributed by atoms with Gasteiger partial charge >= 0.3 is 0 Å². The van der Waals surface area contributed by atoms with Crippen molar-refractivity contribution in [3.8, 4) is 0 Å². The molecular formula is C15H19NO2. The second-order valence-corrected chi connectivity index (χ2v) is 5.06. The van der Waals surface area contributed by atoms with Crippen LogP contribution in [-0.2, 0) is 16.0 Å². The van der Waals surface area contributed by atoms with Crippen LogP contribution in [0.2, 0.25) is 0 Å². The molecule has 3 nitrogen and oxygen atoms in total. The van der Waals surface area contributed by atoms with Crippen molar-refractivity contribution in [2.45, 2.75) is 33.1 Å². The maximum absolute atomic E-state index is 12.1. The van der Waals surface area contributed by atoms with E-state index in [-0.39, 0.29) is 11.7 Å². The van der Waals surface area contributed by atoms with E-state index in [1.54, 1.807) is 4.90 Å². The number of benzene rings is 1. The summed E-state index contributed by atoms with van der Waals surface area (Å²) in [4.78, 5) is 25.2. The molecule has 1 saturated heterocycles. The van der Waals surface area contributed by atoms with E-state index in [4.69, 9.17) is 0 Å². The number of hydrogen-bond donors (Lipinski definition) is 0. The van der Waals surface area contributed by atoms with E-state index >= 15 is 0 Å². The smallest absolute Gasteiger partial charge is 0.227 e. The van der Waals surface area contributed by atoms with Crippen LogP contribution in [0.25, 0.3) is 0 Å². The van der Waals surface area contributed by atoms with Crippen molar-refractivity contribution in [2.75, 3.05) is 13.1 Å². The number of hydrogen-bond acceptors (Lipinski definition) is 2. The van der Waals surface area contributed by atoms with E-state index in [0.29, 0.717) is 19.4 Å². The lowest BCUT2D eigenvalue weighted by molar-refractivity contribution is -0.137. The third-order valence-corrected chi connectivity index (χ3v) is 3.44. The molecule has 1 amide bonds. The first-order valence-electron chi connectivity index (χ1n) is 6.42. The molecule has 1 heterocycles. The topological polar surface area (TPSA) is 37.4 Å². The summed E-state index contributed by atoms with van der Waals surface area (Å²) in [5.41, 5.74) is 3.41. The summed E-state index contributed by atoms with van der Waals surface area (Å²) in [5, 5.41) is 0. The van der Waals surface area contributed by atoms with Crippen molar-refractivity contribution < 1.29 is 9.59 Å². The molecule has 0 radical (unpaired) electrons. The Morgan fingerprint density at radius 2 is 2.11 bits per heavy atom. The molecule has 1 aromatic rings. The van der Waals surface area contributed by atoms with E-state index in [0.717, 1.165) is 24.1 Å². The predicted molar refractivity (Wildman–Crippen MR) is 70.4 cm³/mol. The quantitative estimate of drug-likeness (QED) is 0.799. The molecule has 1 aromatic carbocycles. The molecule has 0 N–H and O–H groups in total. The molecule has 96 valence electrons. The number of piperidine rings is 1. The molecule has 0 saturated carbocycles. The zero-order chi connectivity index (χ0) is 13.1. The summed E-state index contributed by atoms with van der Waals surface area (Å²) in [6, 6.07) is 6.12. The Morgan fingerprint density at radius 3 is 2.78 bits per heavy atom. The van der Waals surface area contributed by atoms with E-state index in [2.05, 4.69) is 6.07 Å². The van der Waals surface area contributed by atoms with Gasteiger partial charge < -0.3 is 4.90 Å². The lowest BCUT2D eigenvalue weighted by atomic mass is 10.0. The van der Waals surface area contributed by atoms with Crippen molar-refractivity contribution >= 4 is 11.7 Å². The number of likely N-dealkylation sites (tertiary alicyclic amines) is 1. The monoisotopic (exact) mass is 245 g/mol. The summed E-state index contributed by atoms with van der Waals surface area (Å²) in [5.74, 6) is 0.241. The highest BCUT2D eigenvalue weighted by Gasteiger charge is 2.21. The number of rotatable bonds is 2. The minimum atomic E-state index is 0.0648. The van der Waals surface area contributed by atoms with Gasteiger partial charge in [0.05, 0.1) is 13.0 Å². The molecule has 0 spiro atoms. The summed E-state index contributed by atoms with van der Waals surface area (Å²) < 4.78 is 0. The average molecular weight is 245 g/mol. The van der Waals surface area contributed by atoms with Gasteiger partial charge in [-0.1, -0.05) is 23.8 Å². The Labute approximate surface area is 108 Å². The van der Waals surface area contributed by atoms with Crippen LogP contribution < -0.4 is 0 Å². The van der Waals surface area contributed by atoms with Crippen LogP contribution in [0.4, 0.5) is 0 Å². The van der Waals surface area contributed by atoms with Gasteiger partial charge in [0.25, 0.3) is 0 Å². The summed E-state index contributed by atoms with van der Waals surface area (Å²) in [6.45, 7) is 5.08. The zero-order valence-electron chi connectivity index (χ0n) is 11.0. The molecule has 0 atom stereocenters. The van der Waals surface area contributed by atoms with Gasteiger partial charge in [-0.25, -0.2) is 0 Å². The molecule has 0 unspecified atom stereocenters. The van der Waals surface area contributed by atoms with Crippen molar-refractivity contribution in [3.05, 3.63) is 34.9 Å². The van der Waals surface area contributed by atoms with Gasteiger partial charge in [0, 0.05) is 13.0 Å². The fourth-order valence-corrected chi connectivity index (χ4v) is 2.37. The van der Waals surface area contributed by atoms with E-state index in [1.165, 1.54) is 5.56 Å². The minimum absolute atomic E-state index is 0.0648. The summed E-state index contributed by atoms with van der Waals surface area (Å²) in [6.07, 6.45) is 1.82. The van der Waals surface area contributed by atoms with Crippen molar-refractivity contribution in [2.24, 2.45) is 0 Å².